The van der Waals surface area contributed by atoms with Crippen molar-refractivity contribution < 1.29 is 4.42 Å². The van der Waals surface area contributed by atoms with Gasteiger partial charge in [-0.1, -0.05) is 145 Å². The predicted molar refractivity (Wildman–Crippen MR) is 277 cm³/mol. The van der Waals surface area contributed by atoms with Crippen LogP contribution in [0.1, 0.15) is 142 Å². The number of nitrogens with zero attached hydrogens (tertiary/aromatic N) is 2. The van der Waals surface area contributed by atoms with E-state index in [4.69, 9.17) is 4.42 Å². The molecule has 0 bridgehead atoms. The molecule has 10 rings (SSSR count). The minimum absolute atomic E-state index is 0.0389. The molecule has 2 aliphatic heterocycles. The maximum absolute atomic E-state index is 7.51. The van der Waals surface area contributed by atoms with Crippen molar-refractivity contribution in [2.24, 2.45) is 0 Å². The Labute approximate surface area is 384 Å². The molecule has 6 aromatic carbocycles. The third-order valence-corrected chi connectivity index (χ3v) is 15.2. The maximum Gasteiger partial charge on any atom is 0.297 e. The Morgan fingerprint density at radius 1 is 0.516 bits per heavy atom. The van der Waals surface area contributed by atoms with Crippen LogP contribution in [0.15, 0.2) is 114 Å². The van der Waals surface area contributed by atoms with E-state index < -0.39 is 0 Å². The molecule has 0 fully saturated rings. The molecule has 0 spiro atoms. The Bertz CT molecular complexity index is 3010. The van der Waals surface area contributed by atoms with E-state index in [-0.39, 0.29) is 33.8 Å². The lowest BCUT2D eigenvalue weighted by atomic mass is 9.35. The average molecular weight is 843 g/mol. The summed E-state index contributed by atoms with van der Waals surface area (Å²) in [5.41, 5.74) is 23.8. The number of furan rings is 1. The maximum atomic E-state index is 7.51. The summed E-state index contributed by atoms with van der Waals surface area (Å²) >= 11 is 0. The molecule has 7 aromatic rings. The van der Waals surface area contributed by atoms with Crippen molar-refractivity contribution in [1.82, 2.24) is 0 Å². The third-order valence-electron chi connectivity index (χ3n) is 15.2. The molecule has 4 heteroatoms. The predicted octanol–water partition coefficient (Wildman–Crippen LogP) is 15.0. The van der Waals surface area contributed by atoms with Gasteiger partial charge in [0.15, 0.2) is 0 Å². The lowest BCUT2D eigenvalue weighted by Crippen LogP contribution is -2.61. The van der Waals surface area contributed by atoms with Gasteiger partial charge in [-0.05, 0) is 169 Å². The third kappa shape index (κ3) is 6.68. The van der Waals surface area contributed by atoms with Crippen LogP contribution in [-0.2, 0) is 27.1 Å². The van der Waals surface area contributed by atoms with E-state index in [1.165, 1.54) is 94.8 Å². The fourth-order valence-electron chi connectivity index (χ4n) is 11.0. The molecule has 1 aromatic heterocycles. The largest absolute Gasteiger partial charge is 0.468 e. The zero-order valence-corrected chi connectivity index (χ0v) is 41.2. The second kappa shape index (κ2) is 14.0. The molecule has 0 unspecified atom stereocenters. The van der Waals surface area contributed by atoms with E-state index >= 15 is 0 Å². The summed E-state index contributed by atoms with van der Waals surface area (Å²) < 4.78 is 7.51. The Hall–Kier alpha value is -5.48. The van der Waals surface area contributed by atoms with Gasteiger partial charge in [-0.25, -0.2) is 0 Å². The summed E-state index contributed by atoms with van der Waals surface area (Å²) in [6.07, 6.45) is 2.32. The van der Waals surface area contributed by atoms with Crippen LogP contribution in [0.4, 0.5) is 34.1 Å². The van der Waals surface area contributed by atoms with Crippen molar-refractivity contribution in [2.45, 2.75) is 144 Å². The lowest BCUT2D eigenvalue weighted by molar-refractivity contribution is 0.332. The van der Waals surface area contributed by atoms with E-state index in [2.05, 4.69) is 223 Å². The first-order chi connectivity index (χ1) is 29.9. The summed E-state index contributed by atoms with van der Waals surface area (Å²) in [6, 6.07) is 42.6. The molecule has 0 atom stereocenters. The van der Waals surface area contributed by atoms with Crippen molar-refractivity contribution in [3.05, 3.63) is 148 Å². The summed E-state index contributed by atoms with van der Waals surface area (Å²) in [4.78, 5) is 5.11. The van der Waals surface area contributed by atoms with Gasteiger partial charge in [-0.3, -0.25) is 0 Å². The number of fused-ring (bicyclic) bond motifs is 7. The highest BCUT2D eigenvalue weighted by Gasteiger charge is 2.48. The van der Waals surface area contributed by atoms with Crippen LogP contribution in [0.25, 0.3) is 22.1 Å². The summed E-state index contributed by atoms with van der Waals surface area (Å²) in [6.45, 7) is 34.9. The van der Waals surface area contributed by atoms with Gasteiger partial charge in [-0.15, -0.1) is 0 Å². The summed E-state index contributed by atoms with van der Waals surface area (Å²) in [7, 11) is 0. The second-order valence-electron chi connectivity index (χ2n) is 23.9. The molecule has 1 aliphatic carbocycles. The van der Waals surface area contributed by atoms with Gasteiger partial charge in [-0.2, -0.15) is 0 Å². The number of benzene rings is 6. The molecule has 64 heavy (non-hydrogen) atoms. The second-order valence-corrected chi connectivity index (χ2v) is 23.9. The van der Waals surface area contributed by atoms with Crippen LogP contribution >= 0.6 is 0 Å². The molecule has 0 radical (unpaired) electrons. The van der Waals surface area contributed by atoms with Gasteiger partial charge < -0.3 is 14.2 Å². The van der Waals surface area contributed by atoms with Crippen molar-refractivity contribution in [3.8, 4) is 11.1 Å². The first-order valence-electron chi connectivity index (χ1n) is 23.8. The molecule has 3 heterocycles. The number of hydrogen-bond donors (Lipinski definition) is 0. The van der Waals surface area contributed by atoms with Crippen LogP contribution in [0.5, 0.6) is 0 Å². The van der Waals surface area contributed by atoms with Crippen LogP contribution in [0.2, 0.25) is 0 Å². The Kier molecular flexibility index (Phi) is 9.30. The van der Waals surface area contributed by atoms with Gasteiger partial charge in [0.05, 0.1) is 11.3 Å². The van der Waals surface area contributed by atoms with E-state index in [1.54, 1.807) is 0 Å². The zero-order chi connectivity index (χ0) is 45.6. The van der Waals surface area contributed by atoms with E-state index in [0.717, 1.165) is 29.8 Å². The SMILES string of the molecule is Cc1cc2c3c(c1)N(c1ccc(C(C)(C)C)cc1)c1c(oc4cc5c(cc14)C(C)(C)CCC5(C)C)B3c1cc(C(C)(C)C)ccc1N2c1ccc(-c2ccc(C(C)(C)C)cc2)cc1C. The summed E-state index contributed by atoms with van der Waals surface area (Å²) in [5.74, 6) is 0. The van der Waals surface area contributed by atoms with Crippen LogP contribution in [-0.4, -0.2) is 6.71 Å². The number of anilines is 6. The number of aryl methyl sites for hydroxylation is 2. The lowest BCUT2D eigenvalue weighted by Gasteiger charge is -2.43. The molecule has 326 valence electrons. The van der Waals surface area contributed by atoms with Crippen molar-refractivity contribution in [2.75, 3.05) is 9.80 Å². The van der Waals surface area contributed by atoms with Gasteiger partial charge >= 0.3 is 0 Å². The Morgan fingerprint density at radius 3 is 1.61 bits per heavy atom. The van der Waals surface area contributed by atoms with Gasteiger partial charge in [0.25, 0.3) is 6.71 Å². The van der Waals surface area contributed by atoms with E-state index in [1.807, 2.05) is 0 Å². The normalized spacial score (nSPS) is 16.4. The Balaban J connectivity index is 1.26. The minimum Gasteiger partial charge on any atom is -0.468 e. The van der Waals surface area contributed by atoms with E-state index in [9.17, 15) is 0 Å². The highest BCUT2D eigenvalue weighted by Crippen LogP contribution is 2.52. The molecule has 3 nitrogen and oxygen atoms in total. The van der Waals surface area contributed by atoms with Gasteiger partial charge in [0.1, 0.15) is 5.58 Å². The topological polar surface area (TPSA) is 19.6 Å². The highest BCUT2D eigenvalue weighted by molar-refractivity contribution is 7.00. The van der Waals surface area contributed by atoms with Crippen molar-refractivity contribution in [1.29, 1.82) is 0 Å². The highest BCUT2D eigenvalue weighted by atomic mass is 16.3. The first kappa shape index (κ1) is 42.5. The quantitative estimate of drug-likeness (QED) is 0.165. The minimum atomic E-state index is -0.106. The first-order valence-corrected chi connectivity index (χ1v) is 23.8. The fourth-order valence-corrected chi connectivity index (χ4v) is 11.0. The fraction of sp³-hybridized carbons (Fsp3) is 0.367. The standard InChI is InChI=1S/C60H67BN2O/c1-36-30-50-53-51(31-36)63(48-26-18-39(32-37(48)2)38-16-19-40(20-17-38)56(3,4)5)49-27-23-42(58(9,10)11)33-47(49)61(53)55-54(62(50)43-24-21-41(22-25-43)57(6,7)8)44-34-45-46(35-52(44)64-55)60(14,15)29-28-59(45,12)13/h16-27,30-35H,28-29H2,1-15H3. The van der Waals surface area contributed by atoms with Crippen LogP contribution < -0.4 is 26.4 Å². The van der Waals surface area contributed by atoms with Crippen molar-refractivity contribution >= 4 is 68.4 Å². The molecule has 0 N–H and O–H groups in total. The number of rotatable bonds is 3. The van der Waals surface area contributed by atoms with Crippen LogP contribution in [0.3, 0.4) is 0 Å². The van der Waals surface area contributed by atoms with E-state index in [0.29, 0.717) is 0 Å². The smallest absolute Gasteiger partial charge is 0.297 e. The molecular formula is C60H67BN2O. The van der Waals surface area contributed by atoms with Gasteiger partial charge in [0.2, 0.25) is 0 Å². The molecular weight excluding hydrogens is 775 g/mol. The molecule has 3 aliphatic rings. The zero-order valence-electron chi connectivity index (χ0n) is 41.2. The average Bonchev–Trinajstić information content (AvgIpc) is 3.59. The van der Waals surface area contributed by atoms with Crippen molar-refractivity contribution in [3.63, 3.8) is 0 Å². The molecule has 0 saturated carbocycles. The Morgan fingerprint density at radius 2 is 1.03 bits per heavy atom. The number of hydrogen-bond acceptors (Lipinski definition) is 3. The monoisotopic (exact) mass is 843 g/mol. The van der Waals surface area contributed by atoms with Gasteiger partial charge in [0, 0.05) is 33.8 Å². The molecule has 0 saturated heterocycles. The van der Waals surface area contributed by atoms with Crippen LogP contribution in [0, 0.1) is 13.8 Å². The molecule has 0 amide bonds. The summed E-state index contributed by atoms with van der Waals surface area (Å²) in [5, 5.41) is 1.20.